The van der Waals surface area contributed by atoms with Gasteiger partial charge in [-0.15, -0.1) is 0 Å². The van der Waals surface area contributed by atoms with Gasteiger partial charge in [0.25, 0.3) is 0 Å². The van der Waals surface area contributed by atoms with Crippen molar-refractivity contribution >= 4 is 12.6 Å². The summed E-state index contributed by atoms with van der Waals surface area (Å²) in [6.07, 6.45) is 0. The summed E-state index contributed by atoms with van der Waals surface area (Å²) in [5, 5.41) is 0. The van der Waals surface area contributed by atoms with Crippen molar-refractivity contribution < 1.29 is 9.31 Å². The first-order valence-corrected chi connectivity index (χ1v) is 12.4. The fraction of sp³-hybridized carbons (Fsp3) is 0.600. The highest BCUT2D eigenvalue weighted by atomic mass is 16.7. The molecule has 0 radical (unpaired) electrons. The zero-order valence-electron chi connectivity index (χ0n) is 23.4. The van der Waals surface area contributed by atoms with E-state index in [4.69, 9.17) is 9.31 Å². The van der Waals surface area contributed by atoms with E-state index in [9.17, 15) is 0 Å². The summed E-state index contributed by atoms with van der Waals surface area (Å²) in [4.78, 5) is 0. The van der Waals surface area contributed by atoms with Crippen LogP contribution in [-0.2, 0) is 25.6 Å². The minimum Gasteiger partial charge on any atom is -0.399 e. The molecule has 1 saturated heterocycles. The third kappa shape index (κ3) is 5.41. The highest BCUT2D eigenvalue weighted by Crippen LogP contribution is 2.38. The molecular weight excluding hydrogens is 403 g/mol. The standard InChI is InChI=1S/C30H45BO2/c1-26(2,3)22-14-20(15-23(18-22)27(4,5)6)21-16-24(28(7,8)9)19-25(17-21)31-32-29(10,11)30(12,13)33-31/h14-19H,1-13H3. The first-order valence-electron chi connectivity index (χ1n) is 12.4. The summed E-state index contributed by atoms with van der Waals surface area (Å²) < 4.78 is 12.9. The van der Waals surface area contributed by atoms with Crippen LogP contribution in [0.4, 0.5) is 0 Å². The van der Waals surface area contributed by atoms with E-state index in [-0.39, 0.29) is 34.6 Å². The maximum Gasteiger partial charge on any atom is 0.494 e. The van der Waals surface area contributed by atoms with E-state index in [1.54, 1.807) is 0 Å². The van der Waals surface area contributed by atoms with Crippen LogP contribution in [0.3, 0.4) is 0 Å². The third-order valence-electron chi connectivity index (χ3n) is 7.35. The molecule has 33 heavy (non-hydrogen) atoms. The quantitative estimate of drug-likeness (QED) is 0.442. The van der Waals surface area contributed by atoms with Crippen molar-refractivity contribution in [2.24, 2.45) is 0 Å². The van der Waals surface area contributed by atoms with Crippen LogP contribution >= 0.6 is 0 Å². The lowest BCUT2D eigenvalue weighted by molar-refractivity contribution is 0.00578. The topological polar surface area (TPSA) is 18.5 Å². The zero-order valence-corrected chi connectivity index (χ0v) is 23.4. The lowest BCUT2D eigenvalue weighted by atomic mass is 9.73. The Kier molecular flexibility index (Phi) is 6.30. The summed E-state index contributed by atoms with van der Waals surface area (Å²) >= 11 is 0. The first kappa shape index (κ1) is 26.0. The maximum absolute atomic E-state index is 6.44. The Bertz CT molecular complexity index is 978. The van der Waals surface area contributed by atoms with Crippen molar-refractivity contribution in [3.05, 3.63) is 53.1 Å². The molecule has 1 aliphatic heterocycles. The first-order chi connectivity index (χ1) is 14.7. The van der Waals surface area contributed by atoms with Gasteiger partial charge < -0.3 is 9.31 Å². The van der Waals surface area contributed by atoms with Crippen LogP contribution < -0.4 is 5.46 Å². The largest absolute Gasteiger partial charge is 0.494 e. The van der Waals surface area contributed by atoms with Crippen LogP contribution in [0, 0.1) is 0 Å². The zero-order chi connectivity index (χ0) is 25.2. The molecule has 0 bridgehead atoms. The van der Waals surface area contributed by atoms with Gasteiger partial charge in [-0.3, -0.25) is 0 Å². The summed E-state index contributed by atoms with van der Waals surface area (Å²) in [7, 11) is -0.371. The normalized spacial score (nSPS) is 18.6. The molecule has 1 aliphatic rings. The SMILES string of the molecule is CC(C)(C)c1cc(B2OC(C)(C)C(C)(C)O2)cc(-c2cc(C(C)(C)C)cc(C(C)(C)C)c2)c1. The lowest BCUT2D eigenvalue weighted by Gasteiger charge is -2.32. The predicted molar refractivity (Wildman–Crippen MR) is 144 cm³/mol. The fourth-order valence-electron chi connectivity index (χ4n) is 4.03. The molecule has 180 valence electrons. The minimum atomic E-state index is -0.371. The summed E-state index contributed by atoms with van der Waals surface area (Å²) in [6, 6.07) is 14.0. The van der Waals surface area contributed by atoms with Crippen molar-refractivity contribution in [2.45, 2.75) is 117 Å². The van der Waals surface area contributed by atoms with Gasteiger partial charge in [0.1, 0.15) is 0 Å². The molecule has 3 rings (SSSR count). The predicted octanol–water partition coefficient (Wildman–Crippen LogP) is 7.55. The number of benzene rings is 2. The van der Waals surface area contributed by atoms with Crippen LogP contribution in [0.2, 0.25) is 0 Å². The fourth-order valence-corrected chi connectivity index (χ4v) is 4.03. The third-order valence-corrected chi connectivity index (χ3v) is 7.35. The second-order valence-corrected chi connectivity index (χ2v) is 14.0. The molecule has 0 saturated carbocycles. The average molecular weight is 449 g/mol. The van der Waals surface area contributed by atoms with E-state index in [0.29, 0.717) is 0 Å². The van der Waals surface area contributed by atoms with Gasteiger partial charge in [0, 0.05) is 0 Å². The van der Waals surface area contributed by atoms with Gasteiger partial charge >= 0.3 is 7.12 Å². The molecular formula is C30H45BO2. The summed E-state index contributed by atoms with van der Waals surface area (Å²) in [6.45, 7) is 29.0. The molecule has 2 aromatic carbocycles. The van der Waals surface area contributed by atoms with Gasteiger partial charge in [-0.2, -0.15) is 0 Å². The smallest absolute Gasteiger partial charge is 0.399 e. The molecule has 0 atom stereocenters. The summed E-state index contributed by atoms with van der Waals surface area (Å²) in [5.74, 6) is 0. The van der Waals surface area contributed by atoms with Gasteiger partial charge in [0.15, 0.2) is 0 Å². The Labute approximate surface area is 203 Å². The Morgan fingerprint density at radius 1 is 0.515 bits per heavy atom. The molecule has 0 aliphatic carbocycles. The Hall–Kier alpha value is -1.58. The molecule has 1 heterocycles. The van der Waals surface area contributed by atoms with E-state index in [2.05, 4.69) is 126 Å². The maximum atomic E-state index is 6.44. The molecule has 0 unspecified atom stereocenters. The van der Waals surface area contributed by atoms with E-state index in [1.165, 1.54) is 27.8 Å². The molecule has 0 spiro atoms. The Morgan fingerprint density at radius 3 is 1.21 bits per heavy atom. The monoisotopic (exact) mass is 448 g/mol. The van der Waals surface area contributed by atoms with Crippen LogP contribution in [0.5, 0.6) is 0 Å². The Morgan fingerprint density at radius 2 is 0.848 bits per heavy atom. The summed E-state index contributed by atoms with van der Waals surface area (Å²) in [5.41, 5.74) is 7.05. The molecule has 0 N–H and O–H groups in total. The Balaban J connectivity index is 2.23. The van der Waals surface area contributed by atoms with Crippen molar-refractivity contribution in [1.82, 2.24) is 0 Å². The molecule has 1 fully saturated rings. The number of rotatable bonds is 2. The second kappa shape index (κ2) is 7.99. The minimum absolute atomic E-state index is 0.0168. The highest BCUT2D eigenvalue weighted by Gasteiger charge is 2.51. The van der Waals surface area contributed by atoms with E-state index < -0.39 is 0 Å². The van der Waals surface area contributed by atoms with Crippen molar-refractivity contribution in [3.63, 3.8) is 0 Å². The molecule has 3 heteroatoms. The highest BCUT2D eigenvalue weighted by molar-refractivity contribution is 6.62. The second-order valence-electron chi connectivity index (χ2n) is 14.0. The van der Waals surface area contributed by atoms with E-state index >= 15 is 0 Å². The van der Waals surface area contributed by atoms with Gasteiger partial charge in [-0.1, -0.05) is 98.7 Å². The van der Waals surface area contributed by atoms with Crippen molar-refractivity contribution in [1.29, 1.82) is 0 Å². The van der Waals surface area contributed by atoms with Crippen LogP contribution in [0.25, 0.3) is 11.1 Å². The van der Waals surface area contributed by atoms with Crippen molar-refractivity contribution in [3.8, 4) is 11.1 Å². The lowest BCUT2D eigenvalue weighted by Crippen LogP contribution is -2.41. The van der Waals surface area contributed by atoms with Crippen LogP contribution in [0.15, 0.2) is 36.4 Å². The van der Waals surface area contributed by atoms with Gasteiger partial charge in [0.2, 0.25) is 0 Å². The van der Waals surface area contributed by atoms with E-state index in [1.807, 2.05) is 0 Å². The van der Waals surface area contributed by atoms with Gasteiger partial charge in [-0.25, -0.2) is 0 Å². The van der Waals surface area contributed by atoms with Crippen molar-refractivity contribution in [2.75, 3.05) is 0 Å². The molecule has 2 aromatic rings. The molecule has 0 amide bonds. The number of hydrogen-bond donors (Lipinski definition) is 0. The molecule has 2 nitrogen and oxygen atoms in total. The van der Waals surface area contributed by atoms with E-state index in [0.717, 1.165) is 5.46 Å². The number of hydrogen-bond acceptors (Lipinski definition) is 2. The van der Waals surface area contributed by atoms with Crippen LogP contribution in [-0.4, -0.2) is 18.3 Å². The van der Waals surface area contributed by atoms with Gasteiger partial charge in [0.05, 0.1) is 11.2 Å². The van der Waals surface area contributed by atoms with Crippen LogP contribution in [0.1, 0.15) is 107 Å². The van der Waals surface area contributed by atoms with Gasteiger partial charge in [-0.05, 0) is 77.2 Å². The molecule has 0 aromatic heterocycles. The average Bonchev–Trinajstić information content (AvgIpc) is 2.86.